The highest BCUT2D eigenvalue weighted by Gasteiger charge is 2.19. The minimum absolute atomic E-state index is 0.0407. The van der Waals surface area contributed by atoms with Crippen molar-refractivity contribution in [2.24, 2.45) is 5.92 Å². The van der Waals surface area contributed by atoms with Crippen molar-refractivity contribution in [1.29, 1.82) is 0 Å². The van der Waals surface area contributed by atoms with Gasteiger partial charge in [0.05, 0.1) is 11.5 Å². The fraction of sp³-hybridized carbons (Fsp3) is 0.588. The molecule has 1 aromatic rings. The normalized spacial score (nSPS) is 13.6. The molecule has 0 amide bonds. The molecule has 0 heterocycles. The predicted molar refractivity (Wildman–Crippen MR) is 88.6 cm³/mol. The van der Waals surface area contributed by atoms with E-state index in [0.717, 1.165) is 5.56 Å². The van der Waals surface area contributed by atoms with Gasteiger partial charge >= 0.3 is 5.97 Å². The Morgan fingerprint density at radius 3 is 2.26 bits per heavy atom. The lowest BCUT2D eigenvalue weighted by Crippen LogP contribution is -2.24. The molecule has 0 saturated carbocycles. The number of ether oxygens (including phenoxy) is 1. The van der Waals surface area contributed by atoms with Crippen molar-refractivity contribution in [3.05, 3.63) is 29.8 Å². The fourth-order valence-corrected chi connectivity index (χ4v) is 2.84. The van der Waals surface area contributed by atoms with Gasteiger partial charge in [-0.15, -0.1) is 0 Å². The molecular weight excluding hydrogens is 316 g/mol. The van der Waals surface area contributed by atoms with Gasteiger partial charge in [0.1, 0.15) is 5.60 Å². The van der Waals surface area contributed by atoms with Crippen LogP contribution < -0.4 is 0 Å². The zero-order chi connectivity index (χ0) is 17.7. The van der Waals surface area contributed by atoms with Crippen LogP contribution in [0.5, 0.6) is 0 Å². The van der Waals surface area contributed by atoms with E-state index in [4.69, 9.17) is 8.92 Å². The van der Waals surface area contributed by atoms with Crippen LogP contribution in [-0.2, 0) is 23.8 Å². The van der Waals surface area contributed by atoms with Crippen molar-refractivity contribution in [3.63, 3.8) is 0 Å². The molecule has 6 heteroatoms. The van der Waals surface area contributed by atoms with Crippen LogP contribution in [0.2, 0.25) is 0 Å². The van der Waals surface area contributed by atoms with E-state index < -0.39 is 15.7 Å². The first kappa shape index (κ1) is 19.6. The SMILES string of the molecule is Cc1ccc(S(=O)(=O)OC[C@@H](C)CCC(=O)OC(C)(C)C)cc1. The number of hydrogen-bond acceptors (Lipinski definition) is 5. The van der Waals surface area contributed by atoms with E-state index in [1.54, 1.807) is 12.1 Å². The summed E-state index contributed by atoms with van der Waals surface area (Å²) < 4.78 is 34.4. The number of hydrogen-bond donors (Lipinski definition) is 0. The smallest absolute Gasteiger partial charge is 0.306 e. The molecule has 0 bridgehead atoms. The van der Waals surface area contributed by atoms with Gasteiger partial charge in [0, 0.05) is 6.42 Å². The van der Waals surface area contributed by atoms with Gasteiger partial charge < -0.3 is 4.74 Å². The molecule has 5 nitrogen and oxygen atoms in total. The molecule has 0 saturated heterocycles. The standard InChI is InChI=1S/C17H26O5S/c1-13-6-9-15(10-7-13)23(19,20)21-12-14(2)8-11-16(18)22-17(3,4)5/h6-7,9-10,14H,8,11-12H2,1-5H3/t14-/m0/s1. The van der Waals surface area contributed by atoms with Crippen LogP contribution in [0.1, 0.15) is 46.1 Å². The predicted octanol–water partition coefficient (Wildman–Crippen LogP) is 3.46. The molecule has 0 fully saturated rings. The van der Waals surface area contributed by atoms with Crippen LogP contribution in [0.15, 0.2) is 29.2 Å². The van der Waals surface area contributed by atoms with Crippen molar-refractivity contribution >= 4 is 16.1 Å². The number of esters is 1. The molecule has 0 unspecified atom stereocenters. The van der Waals surface area contributed by atoms with E-state index in [1.807, 2.05) is 34.6 Å². The van der Waals surface area contributed by atoms with E-state index in [1.165, 1.54) is 12.1 Å². The van der Waals surface area contributed by atoms with Gasteiger partial charge in [0.25, 0.3) is 10.1 Å². The van der Waals surface area contributed by atoms with E-state index in [-0.39, 0.29) is 29.8 Å². The molecule has 0 aliphatic rings. The Kier molecular flexibility index (Phi) is 6.77. The molecule has 1 rings (SSSR count). The second-order valence-electron chi connectivity index (χ2n) is 6.78. The highest BCUT2D eigenvalue weighted by molar-refractivity contribution is 7.86. The van der Waals surface area contributed by atoms with Gasteiger partial charge in [0.2, 0.25) is 0 Å². The zero-order valence-corrected chi connectivity index (χ0v) is 15.3. The summed E-state index contributed by atoms with van der Waals surface area (Å²) in [6.07, 6.45) is 0.755. The number of benzene rings is 1. The average molecular weight is 342 g/mol. The minimum atomic E-state index is -3.76. The lowest BCUT2D eigenvalue weighted by molar-refractivity contribution is -0.155. The first-order valence-corrected chi connectivity index (χ1v) is 9.08. The van der Waals surface area contributed by atoms with Crippen LogP contribution in [0.3, 0.4) is 0 Å². The second-order valence-corrected chi connectivity index (χ2v) is 8.40. The van der Waals surface area contributed by atoms with Crippen molar-refractivity contribution in [1.82, 2.24) is 0 Å². The average Bonchev–Trinajstić information content (AvgIpc) is 2.41. The minimum Gasteiger partial charge on any atom is -0.460 e. The third-order valence-electron chi connectivity index (χ3n) is 3.08. The Bertz CT molecular complexity index is 611. The molecule has 1 atom stereocenters. The third-order valence-corrected chi connectivity index (χ3v) is 4.37. The van der Waals surface area contributed by atoms with Crippen molar-refractivity contribution in [2.45, 2.75) is 58.0 Å². The summed E-state index contributed by atoms with van der Waals surface area (Å²) in [4.78, 5) is 11.8. The summed E-state index contributed by atoms with van der Waals surface area (Å²) >= 11 is 0. The quantitative estimate of drug-likeness (QED) is 0.560. The van der Waals surface area contributed by atoms with Gasteiger partial charge in [-0.25, -0.2) is 0 Å². The van der Waals surface area contributed by atoms with E-state index in [9.17, 15) is 13.2 Å². The van der Waals surface area contributed by atoms with Crippen LogP contribution >= 0.6 is 0 Å². The van der Waals surface area contributed by atoms with E-state index in [2.05, 4.69) is 0 Å². The summed E-state index contributed by atoms with van der Waals surface area (Å²) in [5.74, 6) is -0.353. The molecule has 0 spiro atoms. The monoisotopic (exact) mass is 342 g/mol. The number of carbonyl (C=O) groups is 1. The molecule has 1 aromatic carbocycles. The summed E-state index contributed by atoms with van der Waals surface area (Å²) in [7, 11) is -3.76. The number of rotatable bonds is 7. The van der Waals surface area contributed by atoms with Gasteiger partial charge in [-0.05, 0) is 52.2 Å². The summed E-state index contributed by atoms with van der Waals surface area (Å²) in [5, 5.41) is 0. The highest BCUT2D eigenvalue weighted by atomic mass is 32.2. The maximum Gasteiger partial charge on any atom is 0.306 e. The summed E-state index contributed by atoms with van der Waals surface area (Å²) in [6.45, 7) is 9.20. The molecule has 0 N–H and O–H groups in total. The molecule has 0 aliphatic carbocycles. The van der Waals surface area contributed by atoms with Crippen molar-refractivity contribution in [3.8, 4) is 0 Å². The van der Waals surface area contributed by atoms with E-state index >= 15 is 0 Å². The van der Waals surface area contributed by atoms with Crippen LogP contribution in [-0.4, -0.2) is 26.6 Å². The first-order chi connectivity index (χ1) is 10.5. The lowest BCUT2D eigenvalue weighted by atomic mass is 10.1. The Morgan fingerprint density at radius 2 is 1.74 bits per heavy atom. The Morgan fingerprint density at radius 1 is 1.17 bits per heavy atom. The zero-order valence-electron chi connectivity index (χ0n) is 14.5. The molecule has 0 aromatic heterocycles. The maximum atomic E-state index is 12.1. The first-order valence-electron chi connectivity index (χ1n) is 7.67. The van der Waals surface area contributed by atoms with Gasteiger partial charge in [-0.1, -0.05) is 24.6 Å². The lowest BCUT2D eigenvalue weighted by Gasteiger charge is -2.20. The number of aryl methyl sites for hydroxylation is 1. The van der Waals surface area contributed by atoms with Crippen LogP contribution in [0.25, 0.3) is 0 Å². The van der Waals surface area contributed by atoms with E-state index in [0.29, 0.717) is 6.42 Å². The fourth-order valence-electron chi connectivity index (χ4n) is 1.82. The number of carbonyl (C=O) groups excluding carboxylic acids is 1. The topological polar surface area (TPSA) is 69.7 Å². The molecule has 130 valence electrons. The molecule has 0 radical (unpaired) electrons. The summed E-state index contributed by atoms with van der Waals surface area (Å²) in [5.41, 5.74) is 0.473. The molecule has 0 aliphatic heterocycles. The maximum absolute atomic E-state index is 12.1. The molecule has 23 heavy (non-hydrogen) atoms. The Balaban J connectivity index is 2.45. The largest absolute Gasteiger partial charge is 0.460 e. The highest BCUT2D eigenvalue weighted by Crippen LogP contribution is 2.17. The van der Waals surface area contributed by atoms with Gasteiger partial charge in [0.15, 0.2) is 0 Å². The summed E-state index contributed by atoms with van der Waals surface area (Å²) in [6, 6.07) is 6.50. The third kappa shape index (κ3) is 7.61. The molecular formula is C17H26O5S. The Hall–Kier alpha value is -1.40. The second kappa shape index (κ2) is 7.93. The Labute approximate surface area is 139 Å². The van der Waals surface area contributed by atoms with Crippen molar-refractivity contribution < 1.29 is 22.1 Å². The van der Waals surface area contributed by atoms with Crippen LogP contribution in [0, 0.1) is 12.8 Å². The van der Waals surface area contributed by atoms with Crippen molar-refractivity contribution in [2.75, 3.05) is 6.61 Å². The van der Waals surface area contributed by atoms with Crippen LogP contribution in [0.4, 0.5) is 0 Å². The van der Waals surface area contributed by atoms with Gasteiger partial charge in [-0.2, -0.15) is 8.42 Å². The van der Waals surface area contributed by atoms with Gasteiger partial charge in [-0.3, -0.25) is 8.98 Å².